The molecule has 1 aliphatic rings. The largest absolute Gasteiger partial charge is 0.379 e. The first kappa shape index (κ1) is 14.3. The minimum Gasteiger partial charge on any atom is -0.379 e. The van der Waals surface area contributed by atoms with Crippen LogP contribution in [-0.2, 0) is 9.47 Å². The molecule has 1 fully saturated rings. The van der Waals surface area contributed by atoms with Gasteiger partial charge in [-0.3, -0.25) is 0 Å². The minimum atomic E-state index is -0.0876. The van der Waals surface area contributed by atoms with Crippen LogP contribution in [0.4, 0.5) is 0 Å². The maximum absolute atomic E-state index is 6.20. The van der Waals surface area contributed by atoms with E-state index in [9.17, 15) is 0 Å². The molecular formula is C18H21NO2. The summed E-state index contributed by atoms with van der Waals surface area (Å²) in [6.07, 6.45) is 1.18. The lowest BCUT2D eigenvalue weighted by Crippen LogP contribution is -2.22. The molecule has 2 atom stereocenters. The molecule has 0 bridgehead atoms. The zero-order chi connectivity index (χ0) is 14.5. The Hall–Kier alpha value is -1.68. The molecule has 3 nitrogen and oxygen atoms in total. The number of rotatable bonds is 5. The van der Waals surface area contributed by atoms with Crippen molar-refractivity contribution >= 4 is 0 Å². The van der Waals surface area contributed by atoms with Crippen molar-refractivity contribution in [1.29, 1.82) is 0 Å². The van der Waals surface area contributed by atoms with Crippen molar-refractivity contribution in [2.24, 2.45) is 5.73 Å². The molecule has 0 saturated carbocycles. The molecule has 2 aromatic carbocycles. The van der Waals surface area contributed by atoms with E-state index in [1.54, 1.807) is 0 Å². The second-order valence-corrected chi connectivity index (χ2v) is 5.41. The van der Waals surface area contributed by atoms with Crippen molar-refractivity contribution in [3.63, 3.8) is 0 Å². The predicted molar refractivity (Wildman–Crippen MR) is 84.0 cm³/mol. The lowest BCUT2D eigenvalue weighted by Gasteiger charge is -2.16. The summed E-state index contributed by atoms with van der Waals surface area (Å²) in [5.74, 6) is 0. The molecule has 2 N–H and O–H groups in total. The number of nitrogens with two attached hydrogens (primary N) is 1. The third kappa shape index (κ3) is 3.70. The molecule has 110 valence electrons. The highest BCUT2D eigenvalue weighted by Gasteiger charge is 2.17. The highest BCUT2D eigenvalue weighted by Crippen LogP contribution is 2.21. The molecular weight excluding hydrogens is 262 g/mol. The smallest absolute Gasteiger partial charge is 0.0831 e. The van der Waals surface area contributed by atoms with E-state index in [-0.39, 0.29) is 12.1 Å². The van der Waals surface area contributed by atoms with Gasteiger partial charge in [0.2, 0.25) is 0 Å². The van der Waals surface area contributed by atoms with E-state index in [2.05, 4.69) is 36.4 Å². The van der Waals surface area contributed by atoms with Crippen molar-refractivity contribution in [3.05, 3.63) is 60.2 Å². The van der Waals surface area contributed by atoms with E-state index >= 15 is 0 Å². The Morgan fingerprint density at radius 1 is 1.05 bits per heavy atom. The first-order valence-electron chi connectivity index (χ1n) is 7.43. The topological polar surface area (TPSA) is 44.5 Å². The summed E-state index contributed by atoms with van der Waals surface area (Å²) in [6, 6.07) is 18.7. The van der Waals surface area contributed by atoms with Crippen LogP contribution in [0.1, 0.15) is 18.0 Å². The molecule has 1 aliphatic heterocycles. The molecule has 2 unspecified atom stereocenters. The SMILES string of the molecule is NC(COC1CCOC1)c1ccc(-c2ccccc2)cc1. The van der Waals surface area contributed by atoms with Crippen LogP contribution >= 0.6 is 0 Å². The number of hydrogen-bond acceptors (Lipinski definition) is 3. The lowest BCUT2D eigenvalue weighted by atomic mass is 10.0. The molecule has 2 aromatic rings. The lowest BCUT2D eigenvalue weighted by molar-refractivity contribution is 0.0350. The highest BCUT2D eigenvalue weighted by molar-refractivity contribution is 5.63. The average Bonchev–Trinajstić information content (AvgIpc) is 3.07. The third-order valence-electron chi connectivity index (χ3n) is 3.85. The Morgan fingerprint density at radius 3 is 2.43 bits per heavy atom. The fraction of sp³-hybridized carbons (Fsp3) is 0.333. The van der Waals surface area contributed by atoms with Gasteiger partial charge < -0.3 is 15.2 Å². The van der Waals surface area contributed by atoms with E-state index in [0.29, 0.717) is 13.2 Å². The van der Waals surface area contributed by atoms with Crippen LogP contribution in [-0.4, -0.2) is 25.9 Å². The molecule has 21 heavy (non-hydrogen) atoms. The van der Waals surface area contributed by atoms with E-state index in [4.69, 9.17) is 15.2 Å². The standard InChI is InChI=1S/C18H21NO2/c19-18(13-21-17-10-11-20-12-17)16-8-6-15(7-9-16)14-4-2-1-3-5-14/h1-9,17-18H,10-13,19H2. The van der Waals surface area contributed by atoms with Crippen LogP contribution in [0.5, 0.6) is 0 Å². The van der Waals surface area contributed by atoms with Crippen LogP contribution in [0, 0.1) is 0 Å². The summed E-state index contributed by atoms with van der Waals surface area (Å²) < 4.78 is 11.1. The van der Waals surface area contributed by atoms with Crippen molar-refractivity contribution in [2.75, 3.05) is 19.8 Å². The number of benzene rings is 2. The maximum atomic E-state index is 6.20. The average molecular weight is 283 g/mol. The van der Waals surface area contributed by atoms with E-state index < -0.39 is 0 Å². The van der Waals surface area contributed by atoms with Crippen LogP contribution in [0.3, 0.4) is 0 Å². The second kappa shape index (κ2) is 6.85. The predicted octanol–water partition coefficient (Wildman–Crippen LogP) is 3.16. The summed E-state index contributed by atoms with van der Waals surface area (Å²) in [5.41, 5.74) is 9.73. The van der Waals surface area contributed by atoms with Gasteiger partial charge in [-0.25, -0.2) is 0 Å². The number of hydrogen-bond donors (Lipinski definition) is 1. The maximum Gasteiger partial charge on any atom is 0.0831 e. The molecule has 1 saturated heterocycles. The second-order valence-electron chi connectivity index (χ2n) is 5.41. The molecule has 0 aliphatic carbocycles. The van der Waals surface area contributed by atoms with Crippen molar-refractivity contribution in [1.82, 2.24) is 0 Å². The Balaban J connectivity index is 1.60. The Kier molecular flexibility index (Phi) is 4.65. The van der Waals surface area contributed by atoms with Gasteiger partial charge in [0.25, 0.3) is 0 Å². The zero-order valence-electron chi connectivity index (χ0n) is 12.1. The number of ether oxygens (including phenoxy) is 2. The first-order valence-corrected chi connectivity index (χ1v) is 7.43. The van der Waals surface area contributed by atoms with Gasteiger partial charge in [-0.1, -0.05) is 54.6 Å². The normalized spacial score (nSPS) is 19.6. The van der Waals surface area contributed by atoms with Crippen LogP contribution in [0.15, 0.2) is 54.6 Å². The van der Waals surface area contributed by atoms with E-state index in [0.717, 1.165) is 18.6 Å². The van der Waals surface area contributed by atoms with E-state index in [1.165, 1.54) is 11.1 Å². The summed E-state index contributed by atoms with van der Waals surface area (Å²) >= 11 is 0. The third-order valence-corrected chi connectivity index (χ3v) is 3.85. The van der Waals surface area contributed by atoms with Gasteiger partial charge in [-0.05, 0) is 23.1 Å². The molecule has 1 heterocycles. The fourth-order valence-electron chi connectivity index (χ4n) is 2.53. The van der Waals surface area contributed by atoms with Gasteiger partial charge in [0.1, 0.15) is 0 Å². The van der Waals surface area contributed by atoms with E-state index in [1.807, 2.05) is 18.2 Å². The molecule has 0 radical (unpaired) electrons. The van der Waals surface area contributed by atoms with Gasteiger partial charge in [-0.15, -0.1) is 0 Å². The molecule has 3 heteroatoms. The Morgan fingerprint density at radius 2 is 1.76 bits per heavy atom. The van der Waals surface area contributed by atoms with Crippen molar-refractivity contribution < 1.29 is 9.47 Å². The molecule has 0 aromatic heterocycles. The molecule has 0 amide bonds. The molecule has 0 spiro atoms. The highest BCUT2D eigenvalue weighted by atomic mass is 16.5. The summed E-state index contributed by atoms with van der Waals surface area (Å²) in [5, 5.41) is 0. The summed E-state index contributed by atoms with van der Waals surface area (Å²) in [4.78, 5) is 0. The quantitative estimate of drug-likeness (QED) is 0.916. The zero-order valence-corrected chi connectivity index (χ0v) is 12.1. The van der Waals surface area contributed by atoms with Crippen molar-refractivity contribution in [2.45, 2.75) is 18.6 Å². The van der Waals surface area contributed by atoms with Crippen LogP contribution < -0.4 is 5.73 Å². The van der Waals surface area contributed by atoms with Gasteiger partial charge >= 0.3 is 0 Å². The fourth-order valence-corrected chi connectivity index (χ4v) is 2.53. The van der Waals surface area contributed by atoms with Gasteiger partial charge in [0.15, 0.2) is 0 Å². The summed E-state index contributed by atoms with van der Waals surface area (Å²) in [7, 11) is 0. The van der Waals surface area contributed by atoms with Gasteiger partial charge in [-0.2, -0.15) is 0 Å². The van der Waals surface area contributed by atoms with Crippen molar-refractivity contribution in [3.8, 4) is 11.1 Å². The Labute approximate surface area is 125 Å². The monoisotopic (exact) mass is 283 g/mol. The molecule has 3 rings (SSSR count). The Bertz CT molecular complexity index is 547. The summed E-state index contributed by atoms with van der Waals surface area (Å²) in [6.45, 7) is 2.03. The minimum absolute atomic E-state index is 0.0876. The van der Waals surface area contributed by atoms with Gasteiger partial charge in [0, 0.05) is 6.61 Å². The van der Waals surface area contributed by atoms with Gasteiger partial charge in [0.05, 0.1) is 25.4 Å². The first-order chi connectivity index (χ1) is 10.3. The van der Waals surface area contributed by atoms with Crippen LogP contribution in [0.2, 0.25) is 0 Å². The van der Waals surface area contributed by atoms with Crippen LogP contribution in [0.25, 0.3) is 11.1 Å².